The van der Waals surface area contributed by atoms with Crippen LogP contribution in [0.3, 0.4) is 0 Å². The van der Waals surface area contributed by atoms with Crippen molar-refractivity contribution in [3.8, 4) is 0 Å². The normalized spacial score (nSPS) is 14.4. The minimum atomic E-state index is -0.415. The number of aliphatic hydroxyl groups excluding tert-OH is 1. The summed E-state index contributed by atoms with van der Waals surface area (Å²) in [5, 5.41) is 9.79. The fourth-order valence-corrected chi connectivity index (χ4v) is 1.96. The van der Waals surface area contributed by atoms with Gasteiger partial charge in [0, 0.05) is 0 Å². The van der Waals surface area contributed by atoms with E-state index in [2.05, 4.69) is 32.6 Å². The minimum Gasteiger partial charge on any atom is -0.389 e. The number of benzene rings is 1. The van der Waals surface area contributed by atoms with Crippen LogP contribution in [0, 0.1) is 5.92 Å². The molecule has 1 aromatic rings. The molecule has 2 heteroatoms. The molecule has 106 valence electrons. The zero-order valence-corrected chi connectivity index (χ0v) is 12.3. The Hall–Kier alpha value is -1.12. The van der Waals surface area contributed by atoms with Gasteiger partial charge in [0.25, 0.3) is 0 Å². The van der Waals surface area contributed by atoms with Crippen molar-refractivity contribution in [3.63, 3.8) is 0 Å². The highest BCUT2D eigenvalue weighted by Gasteiger charge is 2.16. The predicted octanol–water partition coefficient (Wildman–Crippen LogP) is 3.95. The molecular weight excluding hydrogens is 236 g/mol. The lowest BCUT2D eigenvalue weighted by Crippen LogP contribution is -2.22. The molecule has 0 spiro atoms. The summed E-state index contributed by atoms with van der Waals surface area (Å²) in [4.78, 5) is 0. The second kappa shape index (κ2) is 8.13. The van der Waals surface area contributed by atoms with Gasteiger partial charge >= 0.3 is 0 Å². The summed E-state index contributed by atoms with van der Waals surface area (Å²) in [6, 6.07) is 10.2. The Balaban J connectivity index is 2.43. The summed E-state index contributed by atoms with van der Waals surface area (Å²) in [6.07, 6.45) is 1.33. The Bertz CT molecular complexity index is 370. The van der Waals surface area contributed by atoms with E-state index >= 15 is 0 Å². The van der Waals surface area contributed by atoms with Crippen LogP contribution >= 0.6 is 0 Å². The predicted molar refractivity (Wildman–Crippen MR) is 79.9 cm³/mol. The van der Waals surface area contributed by atoms with Crippen LogP contribution in [-0.4, -0.2) is 17.3 Å². The number of hydrogen-bond donors (Lipinski definition) is 1. The molecule has 0 radical (unpaired) electrons. The van der Waals surface area contributed by atoms with Gasteiger partial charge in [-0.25, -0.2) is 0 Å². The highest BCUT2D eigenvalue weighted by atomic mass is 16.5. The summed E-state index contributed by atoms with van der Waals surface area (Å²) in [5.41, 5.74) is 2.01. The van der Waals surface area contributed by atoms with Gasteiger partial charge in [-0.05, 0) is 31.2 Å². The SMILES string of the molecule is C=C(C)C(O)CCC(OCc1ccccc1)C(C)C. The van der Waals surface area contributed by atoms with Gasteiger partial charge in [-0.1, -0.05) is 56.3 Å². The van der Waals surface area contributed by atoms with Gasteiger partial charge in [-0.3, -0.25) is 0 Å². The van der Waals surface area contributed by atoms with Crippen molar-refractivity contribution in [2.45, 2.75) is 52.4 Å². The molecule has 0 saturated carbocycles. The summed E-state index contributed by atoms with van der Waals surface area (Å²) >= 11 is 0. The lowest BCUT2D eigenvalue weighted by molar-refractivity contribution is -0.00168. The highest BCUT2D eigenvalue weighted by Crippen LogP contribution is 2.18. The summed E-state index contributed by atoms with van der Waals surface area (Å²) in [5.74, 6) is 0.445. The molecule has 2 nitrogen and oxygen atoms in total. The van der Waals surface area contributed by atoms with E-state index in [-0.39, 0.29) is 6.10 Å². The van der Waals surface area contributed by atoms with Crippen molar-refractivity contribution < 1.29 is 9.84 Å². The van der Waals surface area contributed by atoms with Crippen LogP contribution in [0.1, 0.15) is 39.2 Å². The van der Waals surface area contributed by atoms with E-state index in [4.69, 9.17) is 4.74 Å². The molecule has 19 heavy (non-hydrogen) atoms. The molecule has 0 aliphatic heterocycles. The van der Waals surface area contributed by atoms with E-state index in [1.165, 1.54) is 5.56 Å². The quantitative estimate of drug-likeness (QED) is 0.719. The molecule has 1 N–H and O–H groups in total. The van der Waals surface area contributed by atoms with Crippen LogP contribution in [0.2, 0.25) is 0 Å². The summed E-state index contributed by atoms with van der Waals surface area (Å²) < 4.78 is 5.98. The zero-order chi connectivity index (χ0) is 14.3. The maximum absolute atomic E-state index is 9.79. The fraction of sp³-hybridized carbons (Fsp3) is 0.529. The van der Waals surface area contributed by atoms with Gasteiger partial charge in [-0.2, -0.15) is 0 Å². The molecule has 0 fully saturated rings. The standard InChI is InChI=1S/C17H26O2/c1-13(2)16(18)10-11-17(14(3)4)19-12-15-8-6-5-7-9-15/h5-9,14,16-18H,1,10-12H2,2-4H3. The van der Waals surface area contributed by atoms with Crippen LogP contribution in [0.5, 0.6) is 0 Å². The first-order valence-corrected chi connectivity index (χ1v) is 6.99. The van der Waals surface area contributed by atoms with Crippen molar-refractivity contribution >= 4 is 0 Å². The molecular formula is C17H26O2. The number of aliphatic hydroxyl groups is 1. The third-order valence-corrected chi connectivity index (χ3v) is 3.34. The second-order valence-corrected chi connectivity index (χ2v) is 5.52. The molecule has 0 aromatic heterocycles. The van der Waals surface area contributed by atoms with E-state index in [0.29, 0.717) is 18.9 Å². The van der Waals surface area contributed by atoms with E-state index in [1.54, 1.807) is 0 Å². The number of hydrogen-bond acceptors (Lipinski definition) is 2. The topological polar surface area (TPSA) is 29.5 Å². The molecule has 0 saturated heterocycles. The lowest BCUT2D eigenvalue weighted by atomic mass is 9.98. The fourth-order valence-electron chi connectivity index (χ4n) is 1.96. The lowest BCUT2D eigenvalue weighted by Gasteiger charge is -2.23. The number of ether oxygens (including phenoxy) is 1. The molecule has 2 atom stereocenters. The molecule has 0 heterocycles. The summed E-state index contributed by atoms with van der Waals surface area (Å²) in [6.45, 7) is 10.6. The first-order valence-electron chi connectivity index (χ1n) is 6.99. The second-order valence-electron chi connectivity index (χ2n) is 5.52. The molecule has 1 aromatic carbocycles. The van der Waals surface area contributed by atoms with E-state index in [1.807, 2.05) is 25.1 Å². The van der Waals surface area contributed by atoms with Crippen molar-refractivity contribution in [3.05, 3.63) is 48.0 Å². The van der Waals surface area contributed by atoms with Crippen LogP contribution < -0.4 is 0 Å². The minimum absolute atomic E-state index is 0.175. The average Bonchev–Trinajstić information content (AvgIpc) is 2.39. The van der Waals surface area contributed by atoms with Crippen LogP contribution in [-0.2, 0) is 11.3 Å². The van der Waals surface area contributed by atoms with E-state index < -0.39 is 6.10 Å². The maximum Gasteiger partial charge on any atom is 0.0745 e. The monoisotopic (exact) mass is 262 g/mol. The molecule has 0 amide bonds. The van der Waals surface area contributed by atoms with Gasteiger partial charge in [0.1, 0.15) is 0 Å². The molecule has 2 unspecified atom stereocenters. The van der Waals surface area contributed by atoms with Gasteiger partial charge in [0.2, 0.25) is 0 Å². The number of rotatable bonds is 8. The average molecular weight is 262 g/mol. The van der Waals surface area contributed by atoms with Gasteiger partial charge in [0.05, 0.1) is 18.8 Å². The maximum atomic E-state index is 9.79. The molecule has 0 aliphatic carbocycles. The Kier molecular flexibility index (Phi) is 6.82. The third-order valence-electron chi connectivity index (χ3n) is 3.34. The zero-order valence-electron chi connectivity index (χ0n) is 12.3. The van der Waals surface area contributed by atoms with E-state index in [9.17, 15) is 5.11 Å². The Labute approximate surface area is 117 Å². The van der Waals surface area contributed by atoms with Crippen molar-refractivity contribution in [2.24, 2.45) is 5.92 Å². The highest BCUT2D eigenvalue weighted by molar-refractivity contribution is 5.13. The molecule has 0 aliphatic rings. The Morgan fingerprint density at radius 1 is 1.21 bits per heavy atom. The smallest absolute Gasteiger partial charge is 0.0745 e. The van der Waals surface area contributed by atoms with Crippen LogP contribution in [0.25, 0.3) is 0 Å². The third kappa shape index (κ3) is 6.04. The van der Waals surface area contributed by atoms with Crippen molar-refractivity contribution in [1.29, 1.82) is 0 Å². The van der Waals surface area contributed by atoms with Gasteiger partial charge < -0.3 is 9.84 Å². The summed E-state index contributed by atoms with van der Waals surface area (Å²) in [7, 11) is 0. The van der Waals surface area contributed by atoms with Gasteiger partial charge in [-0.15, -0.1) is 0 Å². The van der Waals surface area contributed by atoms with Crippen molar-refractivity contribution in [1.82, 2.24) is 0 Å². The van der Waals surface area contributed by atoms with Crippen LogP contribution in [0.15, 0.2) is 42.5 Å². The van der Waals surface area contributed by atoms with Crippen LogP contribution in [0.4, 0.5) is 0 Å². The molecule has 1 rings (SSSR count). The Morgan fingerprint density at radius 3 is 2.37 bits per heavy atom. The first kappa shape index (κ1) is 15.9. The van der Waals surface area contributed by atoms with Crippen molar-refractivity contribution in [2.75, 3.05) is 0 Å². The van der Waals surface area contributed by atoms with E-state index in [0.717, 1.165) is 12.0 Å². The molecule has 0 bridgehead atoms. The Morgan fingerprint density at radius 2 is 1.84 bits per heavy atom. The largest absolute Gasteiger partial charge is 0.389 e. The first-order chi connectivity index (χ1) is 9.00. The van der Waals surface area contributed by atoms with Gasteiger partial charge in [0.15, 0.2) is 0 Å².